The number of hydrogen-bond acceptors (Lipinski definition) is 1. The molecule has 0 N–H and O–H groups in total. The summed E-state index contributed by atoms with van der Waals surface area (Å²) in [6.07, 6.45) is 7.12. The summed E-state index contributed by atoms with van der Waals surface area (Å²) in [5.74, 6) is 1.12. The predicted molar refractivity (Wildman–Crippen MR) is 60.5 cm³/mol. The lowest BCUT2D eigenvalue weighted by Gasteiger charge is -2.37. The van der Waals surface area contributed by atoms with Crippen molar-refractivity contribution < 1.29 is 4.79 Å². The van der Waals surface area contributed by atoms with Crippen LogP contribution in [0.5, 0.6) is 0 Å². The Bertz CT molecular complexity index is 211. The van der Waals surface area contributed by atoms with Crippen molar-refractivity contribution in [3.05, 3.63) is 0 Å². The van der Waals surface area contributed by atoms with E-state index < -0.39 is 0 Å². The van der Waals surface area contributed by atoms with Crippen LogP contribution >= 0.6 is 15.9 Å². The molecule has 1 amide bonds. The molecule has 3 heteroatoms. The van der Waals surface area contributed by atoms with Crippen molar-refractivity contribution >= 4 is 21.8 Å². The van der Waals surface area contributed by atoms with Crippen LogP contribution in [-0.2, 0) is 4.79 Å². The van der Waals surface area contributed by atoms with Crippen LogP contribution < -0.4 is 0 Å². The Kier molecular flexibility index (Phi) is 3.47. The minimum atomic E-state index is 0.400. The van der Waals surface area contributed by atoms with Gasteiger partial charge in [0.25, 0.3) is 0 Å². The summed E-state index contributed by atoms with van der Waals surface area (Å²) in [6.45, 7) is 0.899. The third-order valence-corrected chi connectivity index (χ3v) is 3.68. The van der Waals surface area contributed by atoms with E-state index in [-0.39, 0.29) is 0 Å². The van der Waals surface area contributed by atoms with Crippen molar-refractivity contribution in [3.63, 3.8) is 0 Å². The van der Waals surface area contributed by atoms with Crippen molar-refractivity contribution in [1.29, 1.82) is 0 Å². The number of rotatable bonds is 5. The molecule has 0 aliphatic heterocycles. The molecule has 80 valence electrons. The molecule has 2 fully saturated rings. The molecule has 0 spiro atoms. The van der Waals surface area contributed by atoms with Crippen LogP contribution in [0.4, 0.5) is 0 Å². The summed E-state index contributed by atoms with van der Waals surface area (Å²) in [6, 6.07) is 0.568. The van der Waals surface area contributed by atoms with E-state index in [1.807, 2.05) is 0 Å². The Labute approximate surface area is 94.2 Å². The summed E-state index contributed by atoms with van der Waals surface area (Å²) in [5, 5.41) is 0.917. The fraction of sp³-hybridized carbons (Fsp3) is 0.909. The largest absolute Gasteiger partial charge is 0.339 e. The average molecular weight is 260 g/mol. The number of amides is 1. The third kappa shape index (κ3) is 2.50. The molecule has 14 heavy (non-hydrogen) atoms. The van der Waals surface area contributed by atoms with Gasteiger partial charge in [-0.1, -0.05) is 15.9 Å². The summed E-state index contributed by atoms with van der Waals surface area (Å²) in [4.78, 5) is 14.0. The molecular weight excluding hydrogens is 242 g/mol. The fourth-order valence-electron chi connectivity index (χ4n) is 1.99. The van der Waals surface area contributed by atoms with Gasteiger partial charge in [0, 0.05) is 24.3 Å². The van der Waals surface area contributed by atoms with E-state index in [2.05, 4.69) is 20.8 Å². The molecule has 2 aliphatic rings. The van der Waals surface area contributed by atoms with Crippen molar-refractivity contribution in [1.82, 2.24) is 4.90 Å². The molecule has 0 bridgehead atoms. The smallest absolute Gasteiger partial charge is 0.223 e. The van der Waals surface area contributed by atoms with Gasteiger partial charge < -0.3 is 4.90 Å². The van der Waals surface area contributed by atoms with E-state index in [1.54, 1.807) is 0 Å². The highest BCUT2D eigenvalue weighted by molar-refractivity contribution is 9.09. The van der Waals surface area contributed by atoms with Gasteiger partial charge in [0.1, 0.15) is 0 Å². The van der Waals surface area contributed by atoms with Gasteiger partial charge in [-0.15, -0.1) is 0 Å². The number of hydrogen-bond donors (Lipinski definition) is 0. The highest BCUT2D eigenvalue weighted by Gasteiger charge is 2.32. The molecule has 0 atom stereocenters. The number of nitrogens with zero attached hydrogens (tertiary/aromatic N) is 1. The Morgan fingerprint density at radius 2 is 2.00 bits per heavy atom. The lowest BCUT2D eigenvalue weighted by atomic mass is 9.91. The molecule has 0 aromatic carbocycles. The van der Waals surface area contributed by atoms with Crippen LogP contribution in [0.25, 0.3) is 0 Å². The molecule has 0 unspecified atom stereocenters. The number of carbonyl (C=O) groups excluding carboxylic acids is 1. The predicted octanol–water partition coefficient (Wildman–Crippen LogP) is 2.56. The van der Waals surface area contributed by atoms with Crippen LogP contribution in [-0.4, -0.2) is 28.7 Å². The van der Waals surface area contributed by atoms with E-state index >= 15 is 0 Å². The van der Waals surface area contributed by atoms with Gasteiger partial charge >= 0.3 is 0 Å². The third-order valence-electron chi connectivity index (χ3n) is 3.32. The fourth-order valence-corrected chi connectivity index (χ4v) is 2.37. The van der Waals surface area contributed by atoms with Crippen LogP contribution in [0.2, 0.25) is 0 Å². The number of carbonyl (C=O) groups is 1. The van der Waals surface area contributed by atoms with Gasteiger partial charge in [0.15, 0.2) is 0 Å². The molecule has 2 aliphatic carbocycles. The normalized spacial score (nSPS) is 21.8. The lowest BCUT2D eigenvalue weighted by Crippen LogP contribution is -2.45. The molecule has 0 heterocycles. The van der Waals surface area contributed by atoms with E-state index in [4.69, 9.17) is 0 Å². The molecule has 0 aromatic rings. The van der Waals surface area contributed by atoms with Crippen LogP contribution in [0.3, 0.4) is 0 Å². The van der Waals surface area contributed by atoms with E-state index in [0.29, 0.717) is 11.9 Å². The van der Waals surface area contributed by atoms with E-state index in [9.17, 15) is 4.79 Å². The summed E-state index contributed by atoms with van der Waals surface area (Å²) in [7, 11) is 0. The highest BCUT2D eigenvalue weighted by Crippen LogP contribution is 2.34. The highest BCUT2D eigenvalue weighted by atomic mass is 79.9. The van der Waals surface area contributed by atoms with Gasteiger partial charge in [-0.05, 0) is 38.0 Å². The Morgan fingerprint density at radius 1 is 1.29 bits per heavy atom. The summed E-state index contributed by atoms with van der Waals surface area (Å²) >= 11 is 3.43. The lowest BCUT2D eigenvalue weighted by molar-refractivity contribution is -0.135. The molecule has 0 radical (unpaired) electrons. The quantitative estimate of drug-likeness (QED) is 0.696. The standard InChI is InChI=1S/C11H18BrNO/c12-6-7-13(10-2-1-3-10)11(14)8-9-4-5-9/h9-10H,1-8H2. The van der Waals surface area contributed by atoms with Gasteiger partial charge in [-0.3, -0.25) is 4.79 Å². The van der Waals surface area contributed by atoms with Gasteiger partial charge in [0.2, 0.25) is 5.91 Å². The van der Waals surface area contributed by atoms with Crippen LogP contribution in [0.1, 0.15) is 38.5 Å². The summed E-state index contributed by atoms with van der Waals surface area (Å²) < 4.78 is 0. The van der Waals surface area contributed by atoms with Crippen molar-refractivity contribution in [2.24, 2.45) is 5.92 Å². The van der Waals surface area contributed by atoms with E-state index in [0.717, 1.165) is 24.2 Å². The molecule has 2 nitrogen and oxygen atoms in total. The van der Waals surface area contributed by atoms with E-state index in [1.165, 1.54) is 32.1 Å². The second kappa shape index (κ2) is 4.65. The van der Waals surface area contributed by atoms with Crippen LogP contribution in [0.15, 0.2) is 0 Å². The second-order valence-electron chi connectivity index (χ2n) is 4.51. The SMILES string of the molecule is O=C(CC1CC1)N(CCBr)C1CCC1. The number of halogens is 1. The molecule has 2 saturated carbocycles. The first kappa shape index (κ1) is 10.5. The average Bonchev–Trinajstić information content (AvgIpc) is 2.84. The Morgan fingerprint density at radius 3 is 2.43 bits per heavy atom. The maximum Gasteiger partial charge on any atom is 0.223 e. The number of alkyl halides is 1. The maximum atomic E-state index is 11.9. The zero-order chi connectivity index (χ0) is 9.97. The first-order chi connectivity index (χ1) is 6.81. The minimum Gasteiger partial charge on any atom is -0.339 e. The first-order valence-corrected chi connectivity index (χ1v) is 6.79. The minimum absolute atomic E-state index is 0.400. The van der Waals surface area contributed by atoms with Gasteiger partial charge in [0.05, 0.1) is 0 Å². The zero-order valence-corrected chi connectivity index (χ0v) is 10.1. The molecular formula is C11H18BrNO. The topological polar surface area (TPSA) is 20.3 Å². The van der Waals surface area contributed by atoms with Crippen LogP contribution in [0, 0.1) is 5.92 Å². The van der Waals surface area contributed by atoms with Crippen molar-refractivity contribution in [2.45, 2.75) is 44.6 Å². The molecule has 0 aromatic heterocycles. The molecule has 0 saturated heterocycles. The monoisotopic (exact) mass is 259 g/mol. The summed E-state index contributed by atoms with van der Waals surface area (Å²) in [5.41, 5.74) is 0. The first-order valence-electron chi connectivity index (χ1n) is 5.66. The van der Waals surface area contributed by atoms with Gasteiger partial charge in [-0.2, -0.15) is 0 Å². The maximum absolute atomic E-state index is 11.9. The molecule has 2 rings (SSSR count). The Balaban J connectivity index is 1.83. The van der Waals surface area contributed by atoms with Crippen molar-refractivity contribution in [2.75, 3.05) is 11.9 Å². The second-order valence-corrected chi connectivity index (χ2v) is 5.30. The van der Waals surface area contributed by atoms with Crippen molar-refractivity contribution in [3.8, 4) is 0 Å². The Hall–Kier alpha value is -0.0500. The van der Waals surface area contributed by atoms with Gasteiger partial charge in [-0.25, -0.2) is 0 Å². The zero-order valence-electron chi connectivity index (χ0n) is 8.54.